The monoisotopic (exact) mass is 490 g/mol. The third kappa shape index (κ3) is 3.47. The topological polar surface area (TPSA) is 84.0 Å². The molecule has 0 N–H and O–H groups in total. The largest absolute Gasteiger partial charge is 0.467 e. The van der Waals surface area contributed by atoms with Crippen LogP contribution in [0.2, 0.25) is 0 Å². The van der Waals surface area contributed by atoms with Crippen molar-refractivity contribution in [3.05, 3.63) is 76.1 Å². The van der Waals surface area contributed by atoms with Crippen LogP contribution in [-0.4, -0.2) is 28.7 Å². The van der Waals surface area contributed by atoms with Crippen LogP contribution in [0.15, 0.2) is 69.9 Å². The van der Waals surface area contributed by atoms with Crippen LogP contribution >= 0.6 is 22.6 Å². The highest BCUT2D eigenvalue weighted by molar-refractivity contribution is 14.1. The Labute approximate surface area is 174 Å². The fraction of sp³-hybridized carbons (Fsp3) is 0.150. The number of rotatable bonds is 5. The second kappa shape index (κ2) is 7.63. The van der Waals surface area contributed by atoms with Gasteiger partial charge in [0.05, 0.1) is 31.2 Å². The quantitative estimate of drug-likeness (QED) is 0.404. The Hall–Kier alpha value is -2.88. The predicted octanol–water partition coefficient (Wildman–Crippen LogP) is 3.45. The van der Waals surface area contributed by atoms with Crippen molar-refractivity contribution in [2.75, 3.05) is 4.90 Å². The van der Waals surface area contributed by atoms with Gasteiger partial charge in [0.1, 0.15) is 11.8 Å². The molecule has 8 heteroatoms. The van der Waals surface area contributed by atoms with Gasteiger partial charge in [0.15, 0.2) is 5.76 Å². The van der Waals surface area contributed by atoms with E-state index in [0.29, 0.717) is 11.4 Å². The summed E-state index contributed by atoms with van der Waals surface area (Å²) in [6.07, 6.45) is 2.78. The van der Waals surface area contributed by atoms with Gasteiger partial charge in [-0.2, -0.15) is 0 Å². The van der Waals surface area contributed by atoms with E-state index in [2.05, 4.69) is 22.6 Å². The van der Waals surface area contributed by atoms with Crippen LogP contribution in [0.25, 0.3) is 0 Å². The van der Waals surface area contributed by atoms with Gasteiger partial charge in [-0.15, -0.1) is 0 Å². The molecule has 0 bridgehead atoms. The average Bonchev–Trinajstić information content (AvgIpc) is 3.43. The summed E-state index contributed by atoms with van der Waals surface area (Å²) < 4.78 is 11.5. The molecule has 2 aromatic heterocycles. The Kier molecular flexibility index (Phi) is 5.03. The van der Waals surface area contributed by atoms with Gasteiger partial charge in [0, 0.05) is 3.57 Å². The molecule has 0 spiro atoms. The zero-order valence-electron chi connectivity index (χ0n) is 14.6. The summed E-state index contributed by atoms with van der Waals surface area (Å²) in [6, 6.07) is 12.7. The number of carbonyl (C=O) groups is 3. The van der Waals surface area contributed by atoms with Gasteiger partial charge in [0.25, 0.3) is 11.8 Å². The van der Waals surface area contributed by atoms with Crippen LogP contribution in [0, 0.1) is 3.57 Å². The normalized spacial score (nSPS) is 16.6. The predicted molar refractivity (Wildman–Crippen MR) is 107 cm³/mol. The van der Waals surface area contributed by atoms with Crippen LogP contribution < -0.4 is 4.90 Å². The van der Waals surface area contributed by atoms with E-state index in [1.165, 1.54) is 23.5 Å². The first-order valence-corrected chi connectivity index (χ1v) is 9.61. The maximum absolute atomic E-state index is 13.1. The van der Waals surface area contributed by atoms with Gasteiger partial charge in [-0.25, -0.2) is 4.90 Å². The van der Waals surface area contributed by atoms with Gasteiger partial charge in [-0.05, 0) is 71.1 Å². The zero-order chi connectivity index (χ0) is 19.7. The maximum Gasteiger partial charge on any atom is 0.290 e. The van der Waals surface area contributed by atoms with Gasteiger partial charge < -0.3 is 13.7 Å². The minimum atomic E-state index is -0.936. The summed E-state index contributed by atoms with van der Waals surface area (Å²) in [5.74, 6) is -0.671. The van der Waals surface area contributed by atoms with E-state index >= 15 is 0 Å². The van der Waals surface area contributed by atoms with Crippen molar-refractivity contribution in [1.29, 1.82) is 0 Å². The number of hydrogen-bond donors (Lipinski definition) is 0. The first-order chi connectivity index (χ1) is 13.5. The van der Waals surface area contributed by atoms with Crippen molar-refractivity contribution < 1.29 is 23.2 Å². The van der Waals surface area contributed by atoms with Gasteiger partial charge in [-0.1, -0.05) is 0 Å². The third-order valence-electron chi connectivity index (χ3n) is 4.48. The Balaban J connectivity index is 1.66. The van der Waals surface area contributed by atoms with E-state index in [1.807, 2.05) is 12.1 Å². The molecule has 1 saturated heterocycles. The molecule has 4 rings (SSSR count). The van der Waals surface area contributed by atoms with Gasteiger partial charge in [-0.3, -0.25) is 14.4 Å². The maximum atomic E-state index is 13.1. The molecule has 0 saturated carbocycles. The molecule has 0 aliphatic carbocycles. The standard InChI is InChI=1S/C20H15IN2O5/c21-13-5-7-14(8-6-13)23-18(24)11-16(19(23)25)22(12-15-3-1-9-27-15)20(26)17-4-2-10-28-17/h1-10,16H,11-12H2. The number of imide groups is 1. The van der Waals surface area contributed by atoms with Crippen molar-refractivity contribution in [3.8, 4) is 0 Å². The molecule has 0 radical (unpaired) electrons. The smallest absolute Gasteiger partial charge is 0.290 e. The van der Waals surface area contributed by atoms with Gasteiger partial charge in [0.2, 0.25) is 5.91 Å². The average molecular weight is 490 g/mol. The second-order valence-electron chi connectivity index (χ2n) is 6.25. The minimum Gasteiger partial charge on any atom is -0.467 e. The molecule has 28 heavy (non-hydrogen) atoms. The van der Waals surface area contributed by atoms with E-state index < -0.39 is 17.9 Å². The van der Waals surface area contributed by atoms with Crippen molar-refractivity contribution in [3.63, 3.8) is 0 Å². The van der Waals surface area contributed by atoms with Crippen molar-refractivity contribution in [2.24, 2.45) is 0 Å². The molecule has 3 amide bonds. The number of carbonyl (C=O) groups excluding carboxylic acids is 3. The van der Waals surface area contributed by atoms with Crippen molar-refractivity contribution >= 4 is 46.0 Å². The van der Waals surface area contributed by atoms with Crippen LogP contribution in [0.5, 0.6) is 0 Å². The molecule has 1 aliphatic rings. The summed E-state index contributed by atoms with van der Waals surface area (Å²) in [6.45, 7) is 0.0523. The molecule has 3 aromatic rings. The number of hydrogen-bond acceptors (Lipinski definition) is 5. The van der Waals surface area contributed by atoms with Crippen LogP contribution in [0.3, 0.4) is 0 Å². The molecular weight excluding hydrogens is 475 g/mol. The lowest BCUT2D eigenvalue weighted by Gasteiger charge is -2.26. The molecule has 1 aromatic carbocycles. The molecule has 1 fully saturated rings. The fourth-order valence-electron chi connectivity index (χ4n) is 3.16. The number of amides is 3. The van der Waals surface area contributed by atoms with Crippen molar-refractivity contribution in [1.82, 2.24) is 4.90 Å². The van der Waals surface area contributed by atoms with E-state index in [-0.39, 0.29) is 24.6 Å². The first kappa shape index (κ1) is 18.5. The van der Waals surface area contributed by atoms with Gasteiger partial charge >= 0.3 is 0 Å². The summed E-state index contributed by atoms with van der Waals surface area (Å²) in [4.78, 5) is 41.1. The van der Waals surface area contributed by atoms with E-state index in [4.69, 9.17) is 8.83 Å². The highest BCUT2D eigenvalue weighted by Crippen LogP contribution is 2.28. The summed E-state index contributed by atoms with van der Waals surface area (Å²) in [5.41, 5.74) is 0.487. The van der Waals surface area contributed by atoms with Crippen LogP contribution in [0.4, 0.5) is 5.69 Å². The molecule has 1 atom stereocenters. The Morgan fingerprint density at radius 3 is 2.43 bits per heavy atom. The number of halogens is 1. The lowest BCUT2D eigenvalue weighted by Crippen LogP contribution is -2.45. The number of benzene rings is 1. The Bertz CT molecular complexity index is 996. The Morgan fingerprint density at radius 1 is 1.07 bits per heavy atom. The zero-order valence-corrected chi connectivity index (χ0v) is 16.7. The van der Waals surface area contributed by atoms with E-state index in [0.717, 1.165) is 8.47 Å². The van der Waals surface area contributed by atoms with E-state index in [1.54, 1.807) is 30.3 Å². The lowest BCUT2D eigenvalue weighted by atomic mass is 10.2. The lowest BCUT2D eigenvalue weighted by molar-refractivity contribution is -0.122. The Morgan fingerprint density at radius 2 is 1.79 bits per heavy atom. The SMILES string of the molecule is O=C1CC(N(Cc2ccco2)C(=O)c2ccco2)C(=O)N1c1ccc(I)cc1. The molecular formula is C20H15IN2O5. The first-order valence-electron chi connectivity index (χ1n) is 8.54. The van der Waals surface area contributed by atoms with Crippen molar-refractivity contribution in [2.45, 2.75) is 19.0 Å². The van der Waals surface area contributed by atoms with Crippen LogP contribution in [0.1, 0.15) is 22.7 Å². The number of nitrogens with zero attached hydrogens (tertiary/aromatic N) is 2. The van der Waals surface area contributed by atoms with E-state index in [9.17, 15) is 14.4 Å². The minimum absolute atomic E-state index is 0.0523. The summed E-state index contributed by atoms with van der Waals surface area (Å²) in [7, 11) is 0. The second-order valence-corrected chi connectivity index (χ2v) is 7.50. The molecule has 1 aliphatic heterocycles. The third-order valence-corrected chi connectivity index (χ3v) is 5.20. The summed E-state index contributed by atoms with van der Waals surface area (Å²) >= 11 is 2.15. The molecule has 7 nitrogen and oxygen atoms in total. The molecule has 3 heterocycles. The number of furan rings is 2. The molecule has 142 valence electrons. The fourth-order valence-corrected chi connectivity index (χ4v) is 3.52. The highest BCUT2D eigenvalue weighted by Gasteiger charge is 2.45. The highest BCUT2D eigenvalue weighted by atomic mass is 127. The number of anilines is 1. The molecule has 1 unspecified atom stereocenters. The van der Waals surface area contributed by atoms with Crippen LogP contribution in [-0.2, 0) is 16.1 Å². The summed E-state index contributed by atoms with van der Waals surface area (Å²) in [5, 5.41) is 0.